The van der Waals surface area contributed by atoms with E-state index in [1.165, 1.54) is 12.8 Å². The summed E-state index contributed by atoms with van der Waals surface area (Å²) in [5.74, 6) is 2.38. The van der Waals surface area contributed by atoms with Crippen LogP contribution in [-0.2, 0) is 0 Å². The van der Waals surface area contributed by atoms with Gasteiger partial charge >= 0.3 is 0 Å². The molecule has 0 unspecified atom stereocenters. The highest BCUT2D eigenvalue weighted by Gasteiger charge is 2.15. The zero-order valence-corrected chi connectivity index (χ0v) is 10.5. The van der Waals surface area contributed by atoms with Crippen LogP contribution in [0.1, 0.15) is 12.8 Å². The molecule has 5 heteroatoms. The first kappa shape index (κ1) is 11.1. The van der Waals surface area contributed by atoms with Gasteiger partial charge in [0, 0.05) is 31.7 Å². The number of fused-ring (bicyclic) bond motifs is 1. The van der Waals surface area contributed by atoms with E-state index in [1.54, 1.807) is 6.20 Å². The maximum Gasteiger partial charge on any atom is 0.135 e. The van der Waals surface area contributed by atoms with Crippen LogP contribution < -0.4 is 16.0 Å². The highest BCUT2D eigenvalue weighted by molar-refractivity contribution is 5.93. The van der Waals surface area contributed by atoms with Crippen molar-refractivity contribution in [3.63, 3.8) is 0 Å². The van der Waals surface area contributed by atoms with E-state index >= 15 is 0 Å². The van der Waals surface area contributed by atoms with Crippen molar-refractivity contribution in [2.75, 3.05) is 36.1 Å². The zero-order chi connectivity index (χ0) is 12.5. The fourth-order valence-corrected chi connectivity index (χ4v) is 2.40. The number of nitrogens with zero attached hydrogens (tertiary/aromatic N) is 3. The second kappa shape index (κ2) is 4.33. The predicted octanol–water partition coefficient (Wildman–Crippen LogP) is 1.85. The van der Waals surface area contributed by atoms with E-state index in [-0.39, 0.29) is 0 Å². The molecule has 5 nitrogen and oxygen atoms in total. The number of hydrogen-bond donors (Lipinski definition) is 2. The summed E-state index contributed by atoms with van der Waals surface area (Å²) in [6.45, 7) is 2.14. The van der Waals surface area contributed by atoms with Crippen LogP contribution in [0, 0.1) is 0 Å². The summed E-state index contributed by atoms with van der Waals surface area (Å²) in [5, 5.41) is 5.04. The third kappa shape index (κ3) is 1.81. The van der Waals surface area contributed by atoms with E-state index in [4.69, 9.17) is 5.73 Å². The van der Waals surface area contributed by atoms with Crippen LogP contribution in [0.5, 0.6) is 0 Å². The molecule has 2 aromatic heterocycles. The monoisotopic (exact) mass is 243 g/mol. The van der Waals surface area contributed by atoms with Gasteiger partial charge in [-0.15, -0.1) is 0 Å². The van der Waals surface area contributed by atoms with Gasteiger partial charge in [-0.05, 0) is 30.4 Å². The third-order valence-electron chi connectivity index (χ3n) is 3.42. The van der Waals surface area contributed by atoms with Crippen LogP contribution in [0.4, 0.5) is 17.5 Å². The van der Waals surface area contributed by atoms with Gasteiger partial charge in [-0.1, -0.05) is 0 Å². The molecule has 0 aromatic carbocycles. The molecular formula is C13H17N5. The molecule has 3 heterocycles. The van der Waals surface area contributed by atoms with E-state index in [0.29, 0.717) is 5.82 Å². The van der Waals surface area contributed by atoms with Crippen LogP contribution >= 0.6 is 0 Å². The highest BCUT2D eigenvalue weighted by atomic mass is 15.2. The standard InChI is InChI=1S/C13H17N5/c1-15-11-6-9-7-12(18-4-2-3-5-18)17-13(14)10(9)8-16-11/h6-8H,2-5H2,1H3,(H2,14,17)(H,15,16). The molecule has 3 N–H and O–H groups in total. The number of hydrogen-bond acceptors (Lipinski definition) is 5. The van der Waals surface area contributed by atoms with E-state index < -0.39 is 0 Å². The molecule has 94 valence electrons. The fourth-order valence-electron chi connectivity index (χ4n) is 2.40. The lowest BCUT2D eigenvalue weighted by molar-refractivity contribution is 0.942. The lowest BCUT2D eigenvalue weighted by Crippen LogP contribution is -2.19. The first-order chi connectivity index (χ1) is 8.78. The van der Waals surface area contributed by atoms with Gasteiger partial charge in [0.15, 0.2) is 0 Å². The van der Waals surface area contributed by atoms with E-state index in [1.807, 2.05) is 13.1 Å². The Morgan fingerprint density at radius 3 is 2.78 bits per heavy atom. The molecule has 1 saturated heterocycles. The largest absolute Gasteiger partial charge is 0.383 e. The first-order valence-corrected chi connectivity index (χ1v) is 6.27. The highest BCUT2D eigenvalue weighted by Crippen LogP contribution is 2.27. The van der Waals surface area contributed by atoms with Crippen molar-refractivity contribution in [3.05, 3.63) is 18.3 Å². The molecule has 0 amide bonds. The fraction of sp³-hybridized carbons (Fsp3) is 0.385. The summed E-state index contributed by atoms with van der Waals surface area (Å²) < 4.78 is 0. The number of nitrogens with one attached hydrogen (secondary N) is 1. The minimum absolute atomic E-state index is 0.560. The van der Waals surface area contributed by atoms with Gasteiger partial charge in [0.1, 0.15) is 17.5 Å². The lowest BCUT2D eigenvalue weighted by atomic mass is 10.2. The molecule has 0 spiro atoms. The molecule has 0 bridgehead atoms. The van der Waals surface area contributed by atoms with E-state index in [2.05, 4.69) is 26.3 Å². The van der Waals surface area contributed by atoms with Gasteiger partial charge in [-0.25, -0.2) is 9.97 Å². The number of rotatable bonds is 2. The maximum atomic E-state index is 6.02. The van der Waals surface area contributed by atoms with Crippen LogP contribution in [0.2, 0.25) is 0 Å². The predicted molar refractivity (Wildman–Crippen MR) is 74.9 cm³/mol. The quantitative estimate of drug-likeness (QED) is 0.842. The van der Waals surface area contributed by atoms with Crippen molar-refractivity contribution in [2.45, 2.75) is 12.8 Å². The second-order valence-electron chi connectivity index (χ2n) is 4.60. The Hall–Kier alpha value is -2.04. The Morgan fingerprint density at radius 1 is 1.28 bits per heavy atom. The summed E-state index contributed by atoms with van der Waals surface area (Å²) in [4.78, 5) is 11.0. The Kier molecular flexibility index (Phi) is 2.66. The molecule has 1 aliphatic rings. The molecule has 1 aliphatic heterocycles. The number of nitrogen functional groups attached to an aromatic ring is 1. The van der Waals surface area contributed by atoms with Crippen LogP contribution in [0.3, 0.4) is 0 Å². The Balaban J connectivity index is 2.11. The molecular weight excluding hydrogens is 226 g/mol. The third-order valence-corrected chi connectivity index (χ3v) is 3.42. The molecule has 3 rings (SSSR count). The minimum Gasteiger partial charge on any atom is -0.383 e. The molecule has 18 heavy (non-hydrogen) atoms. The van der Waals surface area contributed by atoms with Crippen molar-refractivity contribution in [1.82, 2.24) is 9.97 Å². The van der Waals surface area contributed by atoms with E-state index in [9.17, 15) is 0 Å². The van der Waals surface area contributed by atoms with Gasteiger partial charge in [0.25, 0.3) is 0 Å². The summed E-state index contributed by atoms with van der Waals surface area (Å²) in [6, 6.07) is 4.10. The first-order valence-electron chi connectivity index (χ1n) is 6.27. The number of nitrogens with two attached hydrogens (primary N) is 1. The molecule has 0 radical (unpaired) electrons. The molecule has 1 fully saturated rings. The SMILES string of the molecule is CNc1cc2cc(N3CCCC3)nc(N)c2cn1. The number of pyridine rings is 2. The van der Waals surface area contributed by atoms with Crippen molar-refractivity contribution >= 4 is 28.2 Å². The van der Waals surface area contributed by atoms with Crippen molar-refractivity contribution in [1.29, 1.82) is 0 Å². The van der Waals surface area contributed by atoms with Crippen molar-refractivity contribution in [3.8, 4) is 0 Å². The molecule has 0 saturated carbocycles. The topological polar surface area (TPSA) is 67.1 Å². The lowest BCUT2D eigenvalue weighted by Gasteiger charge is -2.17. The van der Waals surface area contributed by atoms with Crippen LogP contribution in [0.15, 0.2) is 18.3 Å². The van der Waals surface area contributed by atoms with Gasteiger partial charge in [0.05, 0.1) is 0 Å². The summed E-state index contributed by atoms with van der Waals surface area (Å²) in [7, 11) is 1.86. The minimum atomic E-state index is 0.560. The smallest absolute Gasteiger partial charge is 0.135 e. The Morgan fingerprint density at radius 2 is 2.06 bits per heavy atom. The normalized spacial score (nSPS) is 15.3. The Bertz CT molecular complexity index is 575. The average Bonchev–Trinajstić information content (AvgIpc) is 2.91. The van der Waals surface area contributed by atoms with Gasteiger partial charge < -0.3 is 16.0 Å². The van der Waals surface area contributed by atoms with Gasteiger partial charge in [0.2, 0.25) is 0 Å². The summed E-state index contributed by atoms with van der Waals surface area (Å²) in [5.41, 5.74) is 6.02. The number of anilines is 3. The van der Waals surface area contributed by atoms with Crippen LogP contribution in [0.25, 0.3) is 10.8 Å². The van der Waals surface area contributed by atoms with Gasteiger partial charge in [-0.2, -0.15) is 0 Å². The summed E-state index contributed by atoms with van der Waals surface area (Å²) >= 11 is 0. The number of aromatic nitrogens is 2. The Labute approximate surface area is 106 Å². The molecule has 2 aromatic rings. The van der Waals surface area contributed by atoms with Crippen molar-refractivity contribution < 1.29 is 0 Å². The zero-order valence-electron chi connectivity index (χ0n) is 10.5. The maximum absolute atomic E-state index is 6.02. The van der Waals surface area contributed by atoms with Crippen LogP contribution in [-0.4, -0.2) is 30.1 Å². The van der Waals surface area contributed by atoms with Gasteiger partial charge in [-0.3, -0.25) is 0 Å². The molecule has 0 atom stereocenters. The van der Waals surface area contributed by atoms with Crippen molar-refractivity contribution in [2.24, 2.45) is 0 Å². The second-order valence-corrected chi connectivity index (χ2v) is 4.60. The average molecular weight is 243 g/mol. The summed E-state index contributed by atoms with van der Waals surface area (Å²) in [6.07, 6.45) is 4.24. The molecule has 0 aliphatic carbocycles. The van der Waals surface area contributed by atoms with E-state index in [0.717, 1.165) is 35.5 Å².